The first-order valence-electron chi connectivity index (χ1n) is 9.04. The van der Waals surface area contributed by atoms with Crippen LogP contribution >= 0.6 is 0 Å². The first-order chi connectivity index (χ1) is 12.5. The molecule has 1 aliphatic rings. The highest BCUT2D eigenvalue weighted by Gasteiger charge is 2.23. The zero-order valence-corrected chi connectivity index (χ0v) is 15.2. The molecule has 1 aliphatic carbocycles. The highest BCUT2D eigenvalue weighted by molar-refractivity contribution is 5.94. The number of hydrogen-bond acceptors (Lipinski definition) is 5. The monoisotopic (exact) mass is 362 g/mol. The molecule has 2 rings (SSSR count). The summed E-state index contributed by atoms with van der Waals surface area (Å²) in [4.78, 5) is 35.9. The normalized spacial score (nSPS) is 15.6. The second-order valence-electron chi connectivity index (χ2n) is 6.32. The number of rotatable bonds is 6. The van der Waals surface area contributed by atoms with Crippen molar-refractivity contribution >= 4 is 23.7 Å². The van der Waals surface area contributed by atoms with Gasteiger partial charge in [-0.25, -0.2) is 9.59 Å². The molecular formula is C19H26N2O5. The third-order valence-corrected chi connectivity index (χ3v) is 4.22. The van der Waals surface area contributed by atoms with Crippen molar-refractivity contribution in [3.8, 4) is 0 Å². The lowest BCUT2D eigenvalue weighted by molar-refractivity contribution is -0.130. The van der Waals surface area contributed by atoms with Crippen LogP contribution in [-0.4, -0.2) is 36.7 Å². The van der Waals surface area contributed by atoms with E-state index in [4.69, 9.17) is 9.47 Å². The Labute approximate surface area is 153 Å². The molecule has 1 saturated carbocycles. The number of carbonyl (C=O) groups excluding carboxylic acids is 3. The Bertz CT molecular complexity index is 641. The van der Waals surface area contributed by atoms with E-state index in [2.05, 4.69) is 10.6 Å². The minimum absolute atomic E-state index is 0.162. The first kappa shape index (κ1) is 19.8. The average molecular weight is 362 g/mol. The summed E-state index contributed by atoms with van der Waals surface area (Å²) < 4.78 is 10.0. The van der Waals surface area contributed by atoms with Crippen LogP contribution in [0.3, 0.4) is 0 Å². The van der Waals surface area contributed by atoms with Gasteiger partial charge in [-0.05, 0) is 44.9 Å². The van der Waals surface area contributed by atoms with E-state index < -0.39 is 18.2 Å². The van der Waals surface area contributed by atoms with Crippen LogP contribution in [0.4, 0.5) is 10.5 Å². The van der Waals surface area contributed by atoms with Crippen molar-refractivity contribution in [2.45, 2.75) is 58.1 Å². The maximum Gasteiger partial charge on any atom is 0.411 e. The van der Waals surface area contributed by atoms with Gasteiger partial charge in [0.1, 0.15) is 0 Å². The Hall–Kier alpha value is -2.57. The van der Waals surface area contributed by atoms with Crippen molar-refractivity contribution in [3.05, 3.63) is 29.8 Å². The number of benzene rings is 1. The van der Waals surface area contributed by atoms with E-state index >= 15 is 0 Å². The number of anilines is 1. The maximum absolute atomic E-state index is 12.3. The summed E-state index contributed by atoms with van der Waals surface area (Å²) in [5.41, 5.74) is 0.661. The minimum Gasteiger partial charge on any atom is -0.450 e. The van der Waals surface area contributed by atoms with Crippen molar-refractivity contribution in [3.63, 3.8) is 0 Å². The van der Waals surface area contributed by atoms with E-state index in [1.165, 1.54) is 12.5 Å². The van der Waals surface area contributed by atoms with Gasteiger partial charge < -0.3 is 14.8 Å². The predicted octanol–water partition coefficient (Wildman–Crippen LogP) is 3.25. The molecule has 2 N–H and O–H groups in total. The second-order valence-corrected chi connectivity index (χ2v) is 6.32. The summed E-state index contributed by atoms with van der Waals surface area (Å²) in [6.45, 7) is 3.51. The van der Waals surface area contributed by atoms with Crippen molar-refractivity contribution in [2.75, 3.05) is 11.9 Å². The molecular weight excluding hydrogens is 336 g/mol. The molecule has 0 bridgehead atoms. The van der Waals surface area contributed by atoms with E-state index in [0.29, 0.717) is 5.69 Å². The predicted molar refractivity (Wildman–Crippen MR) is 97.0 cm³/mol. The lowest BCUT2D eigenvalue weighted by Gasteiger charge is -2.24. The molecule has 7 nitrogen and oxygen atoms in total. The summed E-state index contributed by atoms with van der Waals surface area (Å²) in [5.74, 6) is -0.908. The smallest absolute Gasteiger partial charge is 0.411 e. The third-order valence-electron chi connectivity index (χ3n) is 4.22. The highest BCUT2D eigenvalue weighted by Crippen LogP contribution is 2.18. The van der Waals surface area contributed by atoms with Gasteiger partial charge in [0.05, 0.1) is 12.2 Å². The molecule has 1 fully saturated rings. The van der Waals surface area contributed by atoms with Gasteiger partial charge in [0.2, 0.25) is 0 Å². The fourth-order valence-corrected chi connectivity index (χ4v) is 2.86. The standard InChI is InChI=1S/C19H26N2O5/c1-3-25-19(24)21-16-11-7-8-14(12-16)18(23)26-13(2)17(22)20-15-9-5-4-6-10-15/h7-8,11-13,15H,3-6,9-10H2,1-2H3,(H,20,22)(H,21,24)/t13-/m0/s1. The summed E-state index contributed by atoms with van der Waals surface area (Å²) in [6, 6.07) is 6.45. The van der Waals surface area contributed by atoms with E-state index in [-0.39, 0.29) is 24.1 Å². The van der Waals surface area contributed by atoms with Gasteiger partial charge in [0.15, 0.2) is 6.10 Å². The van der Waals surface area contributed by atoms with Crippen LogP contribution in [-0.2, 0) is 14.3 Å². The van der Waals surface area contributed by atoms with Gasteiger partial charge in [-0.15, -0.1) is 0 Å². The Morgan fingerprint density at radius 2 is 1.92 bits per heavy atom. The SMILES string of the molecule is CCOC(=O)Nc1cccc(C(=O)O[C@@H](C)C(=O)NC2CCCCC2)c1. The third kappa shape index (κ3) is 6.06. The molecule has 1 aromatic carbocycles. The van der Waals surface area contributed by atoms with Crippen LogP contribution in [0.15, 0.2) is 24.3 Å². The Balaban J connectivity index is 1.89. The van der Waals surface area contributed by atoms with Crippen LogP contribution in [0.5, 0.6) is 0 Å². The van der Waals surface area contributed by atoms with Gasteiger partial charge in [-0.2, -0.15) is 0 Å². The molecule has 0 aromatic heterocycles. The second kappa shape index (κ2) is 9.79. The molecule has 0 radical (unpaired) electrons. The van der Waals surface area contributed by atoms with E-state index in [1.54, 1.807) is 32.0 Å². The van der Waals surface area contributed by atoms with Gasteiger partial charge in [-0.3, -0.25) is 10.1 Å². The van der Waals surface area contributed by atoms with Crippen LogP contribution in [0, 0.1) is 0 Å². The summed E-state index contributed by atoms with van der Waals surface area (Å²) in [5, 5.41) is 5.46. The lowest BCUT2D eigenvalue weighted by Crippen LogP contribution is -2.42. The van der Waals surface area contributed by atoms with Gasteiger partial charge in [-0.1, -0.05) is 25.3 Å². The van der Waals surface area contributed by atoms with E-state index in [0.717, 1.165) is 25.7 Å². The van der Waals surface area contributed by atoms with Gasteiger partial charge in [0, 0.05) is 11.7 Å². The number of nitrogens with one attached hydrogen (secondary N) is 2. The quantitative estimate of drug-likeness (QED) is 0.758. The molecule has 0 saturated heterocycles. The molecule has 0 unspecified atom stereocenters. The highest BCUT2D eigenvalue weighted by atomic mass is 16.6. The maximum atomic E-state index is 12.3. The van der Waals surface area contributed by atoms with Crippen molar-refractivity contribution in [1.29, 1.82) is 0 Å². The number of carbonyl (C=O) groups is 3. The molecule has 2 amide bonds. The number of ether oxygens (including phenoxy) is 2. The van der Waals surface area contributed by atoms with E-state index in [9.17, 15) is 14.4 Å². The molecule has 1 aromatic rings. The molecule has 0 aliphatic heterocycles. The van der Waals surface area contributed by atoms with Crippen molar-refractivity contribution in [2.24, 2.45) is 0 Å². The first-order valence-corrected chi connectivity index (χ1v) is 9.04. The Kier molecular flexibility index (Phi) is 7.44. The van der Waals surface area contributed by atoms with Crippen LogP contribution in [0.2, 0.25) is 0 Å². The largest absolute Gasteiger partial charge is 0.450 e. The van der Waals surface area contributed by atoms with Gasteiger partial charge in [0.25, 0.3) is 5.91 Å². The number of hydrogen-bond donors (Lipinski definition) is 2. The minimum atomic E-state index is -0.883. The lowest BCUT2D eigenvalue weighted by atomic mass is 9.95. The fourth-order valence-electron chi connectivity index (χ4n) is 2.86. The average Bonchev–Trinajstić information content (AvgIpc) is 2.62. The fraction of sp³-hybridized carbons (Fsp3) is 0.526. The molecule has 142 valence electrons. The van der Waals surface area contributed by atoms with Crippen LogP contribution < -0.4 is 10.6 Å². The topological polar surface area (TPSA) is 93.7 Å². The van der Waals surface area contributed by atoms with Gasteiger partial charge >= 0.3 is 12.1 Å². The zero-order chi connectivity index (χ0) is 18.9. The molecule has 7 heteroatoms. The van der Waals surface area contributed by atoms with Crippen molar-refractivity contribution < 1.29 is 23.9 Å². The number of amides is 2. The number of esters is 1. The van der Waals surface area contributed by atoms with Crippen LogP contribution in [0.25, 0.3) is 0 Å². The van der Waals surface area contributed by atoms with Crippen molar-refractivity contribution in [1.82, 2.24) is 5.32 Å². The van der Waals surface area contributed by atoms with E-state index in [1.807, 2.05) is 0 Å². The molecule has 1 atom stereocenters. The Morgan fingerprint density at radius 3 is 2.62 bits per heavy atom. The summed E-state index contributed by atoms with van der Waals surface area (Å²) in [6.07, 6.45) is 3.87. The Morgan fingerprint density at radius 1 is 1.19 bits per heavy atom. The zero-order valence-electron chi connectivity index (χ0n) is 15.2. The molecule has 0 spiro atoms. The summed E-state index contributed by atoms with van der Waals surface area (Å²) >= 11 is 0. The molecule has 26 heavy (non-hydrogen) atoms. The summed E-state index contributed by atoms with van der Waals surface area (Å²) in [7, 11) is 0. The van der Waals surface area contributed by atoms with Crippen LogP contribution in [0.1, 0.15) is 56.3 Å². The molecule has 0 heterocycles.